The molecular formula is C15H11Br2ClN2O. The fourth-order valence-corrected chi connectivity index (χ4v) is 3.85. The van der Waals surface area contributed by atoms with Gasteiger partial charge in [0.2, 0.25) is 0 Å². The van der Waals surface area contributed by atoms with Gasteiger partial charge in [0.05, 0.1) is 16.4 Å². The maximum atomic E-state index is 11.3. The molecule has 0 spiro atoms. The average Bonchev–Trinajstić information content (AvgIpc) is 2.76. The Morgan fingerprint density at radius 2 is 1.81 bits per heavy atom. The van der Waals surface area contributed by atoms with E-state index in [1.807, 2.05) is 30.3 Å². The molecular weight excluding hydrogens is 419 g/mol. The minimum Gasteiger partial charge on any atom is -0.306 e. The molecule has 0 radical (unpaired) electrons. The highest BCUT2D eigenvalue weighted by molar-refractivity contribution is 9.10. The van der Waals surface area contributed by atoms with Gasteiger partial charge in [-0.2, -0.15) is 0 Å². The van der Waals surface area contributed by atoms with Crippen LogP contribution in [0.3, 0.4) is 0 Å². The van der Waals surface area contributed by atoms with E-state index >= 15 is 0 Å². The molecule has 1 unspecified atom stereocenters. The van der Waals surface area contributed by atoms with Crippen LogP contribution in [0.5, 0.6) is 0 Å². The summed E-state index contributed by atoms with van der Waals surface area (Å²) in [6.07, 6.45) is 0.708. The van der Waals surface area contributed by atoms with Gasteiger partial charge in [0.15, 0.2) is 0 Å². The number of benzene rings is 2. The van der Waals surface area contributed by atoms with Gasteiger partial charge in [-0.15, -0.1) is 11.6 Å². The lowest BCUT2D eigenvalue weighted by Crippen LogP contribution is -1.99. The number of fused-ring (bicyclic) bond motifs is 1. The smallest absolute Gasteiger partial charge is 0.306 e. The molecule has 0 aliphatic heterocycles. The van der Waals surface area contributed by atoms with Crippen molar-refractivity contribution < 1.29 is 0 Å². The fourth-order valence-electron chi connectivity index (χ4n) is 2.29. The van der Waals surface area contributed by atoms with Crippen LogP contribution in [0.1, 0.15) is 16.5 Å². The van der Waals surface area contributed by atoms with E-state index in [1.54, 1.807) is 0 Å². The fraction of sp³-hybridized carbons (Fsp3) is 0.133. The number of imidazole rings is 1. The number of nitrogens with one attached hydrogen (secondary N) is 2. The van der Waals surface area contributed by atoms with Crippen molar-refractivity contribution in [3.05, 3.63) is 67.0 Å². The van der Waals surface area contributed by atoms with Crippen molar-refractivity contribution in [3.63, 3.8) is 0 Å². The first-order chi connectivity index (χ1) is 10.0. The number of rotatable bonds is 3. The summed E-state index contributed by atoms with van der Waals surface area (Å²) in [5.74, 6) is 0. The summed E-state index contributed by atoms with van der Waals surface area (Å²) >= 11 is 13.5. The molecule has 0 aliphatic carbocycles. The van der Waals surface area contributed by atoms with Gasteiger partial charge in [0.25, 0.3) is 0 Å². The highest BCUT2D eigenvalue weighted by Gasteiger charge is 2.15. The molecule has 2 aromatic carbocycles. The quantitative estimate of drug-likeness (QED) is 0.571. The molecule has 0 saturated heterocycles. The first-order valence-corrected chi connectivity index (χ1v) is 8.35. The number of H-pyrrole nitrogens is 2. The Morgan fingerprint density at radius 1 is 1.10 bits per heavy atom. The molecule has 0 fully saturated rings. The van der Waals surface area contributed by atoms with Crippen LogP contribution in [0.15, 0.2) is 50.1 Å². The molecule has 0 amide bonds. The van der Waals surface area contributed by atoms with E-state index in [-0.39, 0.29) is 11.1 Å². The summed E-state index contributed by atoms with van der Waals surface area (Å²) in [4.78, 5) is 16.8. The summed E-state index contributed by atoms with van der Waals surface area (Å²) in [7, 11) is 0. The molecule has 0 saturated carbocycles. The zero-order valence-corrected chi connectivity index (χ0v) is 14.7. The Balaban J connectivity index is 1.95. The summed E-state index contributed by atoms with van der Waals surface area (Å²) in [5.41, 5.74) is 3.42. The van der Waals surface area contributed by atoms with E-state index in [2.05, 4.69) is 47.9 Å². The predicted octanol–water partition coefficient (Wildman–Crippen LogP) is 4.90. The Morgan fingerprint density at radius 3 is 2.52 bits per heavy atom. The van der Waals surface area contributed by atoms with Gasteiger partial charge in [-0.25, -0.2) is 4.79 Å². The summed E-state index contributed by atoms with van der Waals surface area (Å²) in [6.45, 7) is 0. The van der Waals surface area contributed by atoms with E-state index in [9.17, 15) is 4.79 Å². The lowest BCUT2D eigenvalue weighted by atomic mass is 10.0. The van der Waals surface area contributed by atoms with E-state index < -0.39 is 0 Å². The minimum absolute atomic E-state index is 0.184. The Hall–Kier alpha value is -1.04. The van der Waals surface area contributed by atoms with Gasteiger partial charge in [-0.05, 0) is 41.8 Å². The summed E-state index contributed by atoms with van der Waals surface area (Å²) in [5, 5.41) is -0.184. The van der Waals surface area contributed by atoms with Crippen molar-refractivity contribution in [2.75, 3.05) is 0 Å². The molecule has 1 aromatic heterocycles. The molecule has 2 N–H and O–H groups in total. The maximum Gasteiger partial charge on any atom is 0.323 e. The van der Waals surface area contributed by atoms with Gasteiger partial charge < -0.3 is 9.97 Å². The summed E-state index contributed by atoms with van der Waals surface area (Å²) in [6, 6.07) is 11.9. The van der Waals surface area contributed by atoms with Crippen LogP contribution in [0.25, 0.3) is 11.0 Å². The van der Waals surface area contributed by atoms with Gasteiger partial charge in [-0.1, -0.05) is 44.0 Å². The van der Waals surface area contributed by atoms with Crippen LogP contribution >= 0.6 is 43.5 Å². The van der Waals surface area contributed by atoms with Gasteiger partial charge >= 0.3 is 5.69 Å². The van der Waals surface area contributed by atoms with E-state index in [0.717, 1.165) is 31.1 Å². The minimum atomic E-state index is -0.216. The Bertz CT molecular complexity index is 856. The number of hydrogen-bond donors (Lipinski definition) is 2. The second-order valence-corrected chi connectivity index (χ2v) is 7.10. The largest absolute Gasteiger partial charge is 0.323 e. The van der Waals surface area contributed by atoms with E-state index in [0.29, 0.717) is 6.42 Å². The third-order valence-electron chi connectivity index (χ3n) is 3.27. The molecule has 0 bridgehead atoms. The second-order valence-electron chi connectivity index (χ2n) is 4.80. The van der Waals surface area contributed by atoms with Crippen LogP contribution in [0, 0.1) is 0 Å². The maximum absolute atomic E-state index is 11.3. The lowest BCUT2D eigenvalue weighted by Gasteiger charge is -2.12. The SMILES string of the molecule is O=c1[nH]c2cc(Br)c(C(Cl)Cc3cccc(Br)c3)cc2[nH]1. The average molecular weight is 431 g/mol. The van der Waals surface area contributed by atoms with Crippen LogP contribution in [-0.2, 0) is 6.42 Å². The molecule has 21 heavy (non-hydrogen) atoms. The molecule has 1 heterocycles. The van der Waals surface area contributed by atoms with Crippen molar-refractivity contribution in [1.82, 2.24) is 9.97 Å². The molecule has 3 aromatic rings. The van der Waals surface area contributed by atoms with Crippen molar-refractivity contribution in [2.24, 2.45) is 0 Å². The zero-order chi connectivity index (χ0) is 15.0. The predicted molar refractivity (Wildman–Crippen MR) is 93.1 cm³/mol. The van der Waals surface area contributed by atoms with Crippen LogP contribution in [-0.4, -0.2) is 9.97 Å². The van der Waals surface area contributed by atoms with Gasteiger partial charge in [-0.3, -0.25) is 0 Å². The van der Waals surface area contributed by atoms with Gasteiger partial charge in [0.1, 0.15) is 0 Å². The number of aromatic nitrogens is 2. The standard InChI is InChI=1S/C15H11Br2ClN2O/c16-9-3-1-2-8(4-9)5-12(18)10-6-13-14(7-11(10)17)20-15(21)19-13/h1-4,6-7,12H,5H2,(H2,19,20,21). The normalized spacial score (nSPS) is 12.7. The van der Waals surface area contributed by atoms with Crippen molar-refractivity contribution in [1.29, 1.82) is 0 Å². The molecule has 108 valence electrons. The van der Waals surface area contributed by atoms with Crippen LogP contribution in [0.2, 0.25) is 0 Å². The van der Waals surface area contributed by atoms with Crippen LogP contribution < -0.4 is 5.69 Å². The first-order valence-electron chi connectivity index (χ1n) is 6.33. The highest BCUT2D eigenvalue weighted by Crippen LogP contribution is 2.33. The number of halogens is 3. The highest BCUT2D eigenvalue weighted by atomic mass is 79.9. The molecule has 3 rings (SSSR count). The topological polar surface area (TPSA) is 48.6 Å². The van der Waals surface area contributed by atoms with Crippen molar-refractivity contribution in [3.8, 4) is 0 Å². The second kappa shape index (κ2) is 5.99. The number of aromatic amines is 2. The van der Waals surface area contributed by atoms with Crippen molar-refractivity contribution in [2.45, 2.75) is 11.8 Å². The third-order valence-corrected chi connectivity index (χ3v) is 4.84. The lowest BCUT2D eigenvalue weighted by molar-refractivity contribution is 0.915. The zero-order valence-electron chi connectivity index (χ0n) is 10.8. The van der Waals surface area contributed by atoms with Crippen LogP contribution in [0.4, 0.5) is 0 Å². The third kappa shape index (κ3) is 3.25. The Labute approximate surface area is 143 Å². The monoisotopic (exact) mass is 428 g/mol. The first kappa shape index (κ1) is 14.9. The molecule has 0 aliphatic rings. The molecule has 6 heteroatoms. The van der Waals surface area contributed by atoms with E-state index in [4.69, 9.17) is 11.6 Å². The van der Waals surface area contributed by atoms with Gasteiger partial charge in [0, 0.05) is 8.95 Å². The number of hydrogen-bond acceptors (Lipinski definition) is 1. The molecule has 1 atom stereocenters. The summed E-state index contributed by atoms with van der Waals surface area (Å²) < 4.78 is 1.92. The van der Waals surface area contributed by atoms with E-state index in [1.165, 1.54) is 0 Å². The number of alkyl halides is 1. The van der Waals surface area contributed by atoms with Crippen molar-refractivity contribution >= 4 is 54.5 Å². The Kier molecular flexibility index (Phi) is 4.24. The molecule has 3 nitrogen and oxygen atoms in total.